The van der Waals surface area contributed by atoms with E-state index in [1.807, 2.05) is 6.07 Å². The van der Waals surface area contributed by atoms with Gasteiger partial charge in [0, 0.05) is 21.8 Å². The number of nitrogens with one attached hydrogen (secondary N) is 1. The molecule has 1 amide bonds. The second-order valence-corrected chi connectivity index (χ2v) is 6.75. The number of nitrogens with zero attached hydrogens (tertiary/aromatic N) is 1. The maximum Gasteiger partial charge on any atom is 0.255 e. The molecule has 0 unspecified atom stereocenters. The Balaban J connectivity index is 1.82. The van der Waals surface area contributed by atoms with Gasteiger partial charge in [-0.15, -0.1) is 0 Å². The number of ether oxygens (including phenoxy) is 1. The van der Waals surface area contributed by atoms with Gasteiger partial charge in [0.1, 0.15) is 17.4 Å². The minimum absolute atomic E-state index is 0.0237. The summed E-state index contributed by atoms with van der Waals surface area (Å²) in [7, 11) is 1.51. The second kappa shape index (κ2) is 9.55. The number of amides is 1. The Labute approximate surface area is 179 Å². The number of Topliss-reactive ketones (excluding diaryl/α,β-unsaturated/α-hetero) is 1. The van der Waals surface area contributed by atoms with Gasteiger partial charge in [-0.25, -0.2) is 0 Å². The lowest BCUT2D eigenvalue weighted by molar-refractivity contribution is 0.102. The first-order valence-corrected chi connectivity index (χ1v) is 9.35. The van der Waals surface area contributed by atoms with Crippen molar-refractivity contribution in [2.24, 2.45) is 0 Å². The molecule has 0 radical (unpaired) electrons. The van der Waals surface area contributed by atoms with Crippen LogP contribution >= 0.6 is 11.6 Å². The molecule has 3 rings (SSSR count). The number of nitriles is 1. The van der Waals surface area contributed by atoms with E-state index >= 15 is 0 Å². The van der Waals surface area contributed by atoms with Gasteiger partial charge in [-0.2, -0.15) is 5.26 Å². The van der Waals surface area contributed by atoms with E-state index in [4.69, 9.17) is 16.3 Å². The lowest BCUT2D eigenvalue weighted by Gasteiger charge is -2.07. The summed E-state index contributed by atoms with van der Waals surface area (Å²) in [6.07, 6.45) is 1.49. The number of halogens is 1. The fraction of sp³-hybridized carbons (Fsp3) is 0.0417. The number of hydrogen-bond donors (Lipinski definition) is 1. The fourth-order valence-corrected chi connectivity index (χ4v) is 2.87. The lowest BCUT2D eigenvalue weighted by Crippen LogP contribution is -2.11. The van der Waals surface area contributed by atoms with E-state index in [1.54, 1.807) is 72.8 Å². The molecule has 3 aromatic rings. The van der Waals surface area contributed by atoms with Gasteiger partial charge in [-0.05, 0) is 60.2 Å². The van der Waals surface area contributed by atoms with Crippen molar-refractivity contribution >= 4 is 35.1 Å². The van der Waals surface area contributed by atoms with Gasteiger partial charge in [0.05, 0.1) is 7.11 Å². The van der Waals surface area contributed by atoms with Crippen LogP contribution in [0.2, 0.25) is 5.02 Å². The second-order valence-electron chi connectivity index (χ2n) is 6.32. The Kier molecular flexibility index (Phi) is 6.63. The Morgan fingerprint density at radius 3 is 2.43 bits per heavy atom. The summed E-state index contributed by atoms with van der Waals surface area (Å²) in [6.45, 7) is 0. The van der Waals surface area contributed by atoms with Crippen molar-refractivity contribution in [2.75, 3.05) is 12.4 Å². The highest BCUT2D eigenvalue weighted by Gasteiger charge is 2.13. The molecule has 0 heterocycles. The van der Waals surface area contributed by atoms with Gasteiger partial charge in [-0.3, -0.25) is 9.59 Å². The van der Waals surface area contributed by atoms with Crippen LogP contribution < -0.4 is 10.1 Å². The largest absolute Gasteiger partial charge is 0.497 e. The van der Waals surface area contributed by atoms with E-state index < -0.39 is 5.78 Å². The number of methoxy groups -OCH3 is 1. The molecule has 0 spiro atoms. The number of carbonyl (C=O) groups excluding carboxylic acids is 2. The molecule has 0 aliphatic heterocycles. The van der Waals surface area contributed by atoms with Crippen molar-refractivity contribution in [2.45, 2.75) is 0 Å². The number of ketones is 1. The first-order valence-electron chi connectivity index (χ1n) is 8.97. The van der Waals surface area contributed by atoms with E-state index in [0.29, 0.717) is 33.1 Å². The summed E-state index contributed by atoms with van der Waals surface area (Å²) < 4.78 is 5.13. The van der Waals surface area contributed by atoms with Crippen LogP contribution in [0.15, 0.2) is 78.4 Å². The third kappa shape index (κ3) is 5.13. The van der Waals surface area contributed by atoms with Crippen LogP contribution in [0.25, 0.3) is 6.08 Å². The van der Waals surface area contributed by atoms with Gasteiger partial charge in [0.25, 0.3) is 5.91 Å². The van der Waals surface area contributed by atoms with Crippen LogP contribution in [0.3, 0.4) is 0 Å². The molecule has 6 heteroatoms. The quantitative estimate of drug-likeness (QED) is 0.332. The zero-order valence-corrected chi connectivity index (χ0v) is 16.8. The maximum atomic E-state index is 12.7. The molecule has 0 bridgehead atoms. The highest BCUT2D eigenvalue weighted by atomic mass is 35.5. The Morgan fingerprint density at radius 1 is 1.00 bits per heavy atom. The molecule has 0 saturated carbocycles. The van der Waals surface area contributed by atoms with E-state index in [-0.39, 0.29) is 11.5 Å². The maximum absolute atomic E-state index is 12.7. The molecular weight excluding hydrogens is 400 g/mol. The van der Waals surface area contributed by atoms with Crippen molar-refractivity contribution in [3.05, 3.63) is 100 Å². The Bertz CT molecular complexity index is 1160. The zero-order chi connectivity index (χ0) is 21.5. The van der Waals surface area contributed by atoms with Gasteiger partial charge in [-0.1, -0.05) is 35.9 Å². The molecule has 0 aliphatic carbocycles. The van der Waals surface area contributed by atoms with E-state index in [9.17, 15) is 14.9 Å². The van der Waals surface area contributed by atoms with Gasteiger partial charge in [0.2, 0.25) is 5.78 Å². The topological polar surface area (TPSA) is 79.2 Å². The highest BCUT2D eigenvalue weighted by molar-refractivity contribution is 6.30. The van der Waals surface area contributed by atoms with Gasteiger partial charge < -0.3 is 10.1 Å². The standard InChI is InChI=1S/C24H17ClN2O3/c1-30-22-7-3-5-18(14-22)23(28)19(15-26)12-16-4-2-6-21(13-16)27-24(29)17-8-10-20(25)11-9-17/h2-14H,1H3,(H,27,29)/b19-12+. The monoisotopic (exact) mass is 416 g/mol. The van der Waals surface area contributed by atoms with Crippen molar-refractivity contribution in [1.29, 1.82) is 5.26 Å². The molecular formula is C24H17ClN2O3. The van der Waals surface area contributed by atoms with Crippen LogP contribution in [0, 0.1) is 11.3 Å². The minimum atomic E-state index is -0.410. The van der Waals surface area contributed by atoms with Gasteiger partial charge >= 0.3 is 0 Å². The molecule has 0 saturated heterocycles. The molecule has 0 aromatic heterocycles. The van der Waals surface area contributed by atoms with Gasteiger partial charge in [0.15, 0.2) is 0 Å². The van der Waals surface area contributed by atoms with Crippen LogP contribution in [0.5, 0.6) is 5.75 Å². The molecule has 5 nitrogen and oxygen atoms in total. The van der Waals surface area contributed by atoms with E-state index in [2.05, 4.69) is 5.32 Å². The SMILES string of the molecule is COc1cccc(C(=O)/C(C#N)=C/c2cccc(NC(=O)c3ccc(Cl)cc3)c2)c1. The third-order valence-electron chi connectivity index (χ3n) is 4.26. The summed E-state index contributed by atoms with van der Waals surface area (Å²) in [5, 5.41) is 12.8. The van der Waals surface area contributed by atoms with Crippen LogP contribution in [0.1, 0.15) is 26.3 Å². The number of anilines is 1. The van der Waals surface area contributed by atoms with Crippen molar-refractivity contribution in [3.8, 4) is 11.8 Å². The van der Waals surface area contributed by atoms with Crippen molar-refractivity contribution < 1.29 is 14.3 Å². The summed E-state index contributed by atoms with van der Waals surface area (Å²) in [4.78, 5) is 25.1. The van der Waals surface area contributed by atoms with Crippen LogP contribution in [-0.2, 0) is 0 Å². The van der Waals surface area contributed by atoms with Crippen molar-refractivity contribution in [1.82, 2.24) is 0 Å². The molecule has 3 aromatic carbocycles. The first-order chi connectivity index (χ1) is 14.5. The Morgan fingerprint density at radius 2 is 1.73 bits per heavy atom. The van der Waals surface area contributed by atoms with Crippen LogP contribution in [-0.4, -0.2) is 18.8 Å². The molecule has 30 heavy (non-hydrogen) atoms. The highest BCUT2D eigenvalue weighted by Crippen LogP contribution is 2.19. The Hall–Kier alpha value is -3.88. The average molecular weight is 417 g/mol. The average Bonchev–Trinajstić information content (AvgIpc) is 2.77. The molecule has 0 aliphatic rings. The molecule has 0 fully saturated rings. The number of hydrogen-bond acceptors (Lipinski definition) is 4. The number of rotatable bonds is 6. The first kappa shape index (κ1) is 20.8. The summed E-state index contributed by atoms with van der Waals surface area (Å²) in [5.41, 5.74) is 1.94. The van der Waals surface area contributed by atoms with E-state index in [1.165, 1.54) is 13.2 Å². The third-order valence-corrected chi connectivity index (χ3v) is 4.51. The zero-order valence-electron chi connectivity index (χ0n) is 16.1. The number of carbonyl (C=O) groups is 2. The predicted octanol–water partition coefficient (Wildman–Crippen LogP) is 5.39. The van der Waals surface area contributed by atoms with Crippen molar-refractivity contribution in [3.63, 3.8) is 0 Å². The fourth-order valence-electron chi connectivity index (χ4n) is 2.75. The lowest BCUT2D eigenvalue weighted by atomic mass is 10.0. The smallest absolute Gasteiger partial charge is 0.255 e. The molecule has 148 valence electrons. The number of benzene rings is 3. The predicted molar refractivity (Wildman–Crippen MR) is 117 cm³/mol. The molecule has 0 atom stereocenters. The number of allylic oxidation sites excluding steroid dienone is 1. The normalized spacial score (nSPS) is 10.8. The molecule has 1 N–H and O–H groups in total. The van der Waals surface area contributed by atoms with Crippen LogP contribution in [0.4, 0.5) is 5.69 Å². The minimum Gasteiger partial charge on any atom is -0.497 e. The summed E-state index contributed by atoms with van der Waals surface area (Å²) >= 11 is 5.85. The summed E-state index contributed by atoms with van der Waals surface area (Å²) in [6, 6.07) is 22.0. The summed E-state index contributed by atoms with van der Waals surface area (Å²) in [5.74, 6) is -0.169. The van der Waals surface area contributed by atoms with E-state index in [0.717, 1.165) is 0 Å².